The number of halogens is 2. The highest BCUT2D eigenvalue weighted by molar-refractivity contribution is 7.23. The zero-order chi connectivity index (χ0) is 19.5. The number of amides is 1. The average Bonchev–Trinajstić information content (AvgIpc) is 3.47. The number of aryl methyl sites for hydroxylation is 1. The van der Waals surface area contributed by atoms with E-state index in [0.29, 0.717) is 28.0 Å². The quantitative estimate of drug-likeness (QED) is 0.492. The topological polar surface area (TPSA) is 60.2 Å². The van der Waals surface area contributed by atoms with Gasteiger partial charge in [-0.1, -0.05) is 35.8 Å². The van der Waals surface area contributed by atoms with Crippen LogP contribution in [0.15, 0.2) is 30.9 Å². The van der Waals surface area contributed by atoms with Gasteiger partial charge in [-0.05, 0) is 31.4 Å². The van der Waals surface area contributed by atoms with E-state index in [4.69, 9.17) is 21.3 Å². The van der Waals surface area contributed by atoms with Gasteiger partial charge < -0.3 is 9.30 Å². The number of thiazole rings is 1. The van der Waals surface area contributed by atoms with Gasteiger partial charge in [0.05, 0.1) is 23.2 Å². The Morgan fingerprint density at radius 1 is 1.38 bits per heavy atom. The molecule has 1 amide bonds. The Hall–Kier alpha value is -1.83. The van der Waals surface area contributed by atoms with Crippen molar-refractivity contribution in [3.05, 3.63) is 35.9 Å². The zero-order valence-electron chi connectivity index (χ0n) is 16.2. The first-order valence-electron chi connectivity index (χ1n) is 9.57. The van der Waals surface area contributed by atoms with Gasteiger partial charge in [0.15, 0.2) is 5.13 Å². The van der Waals surface area contributed by atoms with Crippen molar-refractivity contribution in [1.82, 2.24) is 14.5 Å². The summed E-state index contributed by atoms with van der Waals surface area (Å²) in [5.74, 6) is 0.948. The van der Waals surface area contributed by atoms with Crippen LogP contribution in [0.3, 0.4) is 0 Å². The number of carbonyl (C=O) groups excluding carboxylic acids is 1. The third-order valence-electron chi connectivity index (χ3n) is 5.23. The molecule has 0 bridgehead atoms. The van der Waals surface area contributed by atoms with Crippen LogP contribution in [0, 0.1) is 5.92 Å². The molecule has 9 heteroatoms. The summed E-state index contributed by atoms with van der Waals surface area (Å²) in [6.45, 7) is 1.43. The number of ether oxygens (including phenoxy) is 1. The molecule has 0 unspecified atom stereocenters. The Morgan fingerprint density at radius 2 is 2.17 bits per heavy atom. The molecule has 0 N–H and O–H groups in total. The Labute approximate surface area is 185 Å². The summed E-state index contributed by atoms with van der Waals surface area (Å²) in [4.78, 5) is 23.9. The van der Waals surface area contributed by atoms with E-state index < -0.39 is 0 Å². The van der Waals surface area contributed by atoms with Crippen LogP contribution in [-0.2, 0) is 11.3 Å². The first kappa shape index (κ1) is 21.9. The summed E-state index contributed by atoms with van der Waals surface area (Å²) in [6, 6.07) is 3.63. The van der Waals surface area contributed by atoms with Crippen LogP contribution in [-0.4, -0.2) is 34.1 Å². The number of hydrogen-bond acceptors (Lipinski definition) is 5. The van der Waals surface area contributed by atoms with Gasteiger partial charge in [-0.25, -0.2) is 9.97 Å². The SMILES string of the molecule is COc1ccc(Cl)c2sc(N(CCCn3ccnc3)C(=O)C3CCCC3)nc12.Cl. The molecule has 0 saturated heterocycles. The van der Waals surface area contributed by atoms with E-state index in [1.165, 1.54) is 11.3 Å². The van der Waals surface area contributed by atoms with E-state index in [-0.39, 0.29) is 24.2 Å². The van der Waals surface area contributed by atoms with E-state index >= 15 is 0 Å². The number of fused-ring (bicyclic) bond motifs is 1. The predicted molar refractivity (Wildman–Crippen MR) is 120 cm³/mol. The summed E-state index contributed by atoms with van der Waals surface area (Å²) >= 11 is 7.84. The monoisotopic (exact) mass is 454 g/mol. The van der Waals surface area contributed by atoms with Crippen molar-refractivity contribution in [3.8, 4) is 5.75 Å². The zero-order valence-corrected chi connectivity index (χ0v) is 18.6. The standard InChI is InChI=1S/C20H23ClN4O2S.ClH/c1-27-16-8-7-15(21)18-17(16)23-20(28-18)25(19(26)14-5-2-3-6-14)11-4-10-24-12-9-22-13-24;/h7-9,12-14H,2-6,10-11H2,1H3;1H. The van der Waals surface area contributed by atoms with Crippen LogP contribution in [0.5, 0.6) is 5.75 Å². The smallest absolute Gasteiger partial charge is 0.231 e. The molecule has 3 aromatic rings. The van der Waals surface area contributed by atoms with Crippen molar-refractivity contribution in [2.75, 3.05) is 18.6 Å². The van der Waals surface area contributed by atoms with Crippen LogP contribution < -0.4 is 9.64 Å². The summed E-state index contributed by atoms with van der Waals surface area (Å²) in [7, 11) is 1.62. The van der Waals surface area contributed by atoms with Crippen molar-refractivity contribution in [2.24, 2.45) is 5.92 Å². The second-order valence-corrected chi connectivity index (χ2v) is 8.43. The molecule has 1 aliphatic carbocycles. The Balaban J connectivity index is 0.00000240. The van der Waals surface area contributed by atoms with Gasteiger partial charge in [0.2, 0.25) is 5.91 Å². The van der Waals surface area contributed by atoms with Gasteiger partial charge in [-0.2, -0.15) is 0 Å². The van der Waals surface area contributed by atoms with E-state index in [1.54, 1.807) is 19.6 Å². The highest BCUT2D eigenvalue weighted by Gasteiger charge is 2.30. The van der Waals surface area contributed by atoms with Crippen molar-refractivity contribution >= 4 is 56.6 Å². The summed E-state index contributed by atoms with van der Waals surface area (Å²) in [6.07, 6.45) is 10.5. The molecular formula is C20H24Cl2N4O2S. The molecule has 1 saturated carbocycles. The number of benzene rings is 1. The highest BCUT2D eigenvalue weighted by atomic mass is 35.5. The van der Waals surface area contributed by atoms with Gasteiger partial charge in [0.1, 0.15) is 11.3 Å². The summed E-state index contributed by atoms with van der Waals surface area (Å²) < 4.78 is 8.32. The maximum Gasteiger partial charge on any atom is 0.231 e. The first-order chi connectivity index (χ1) is 13.7. The van der Waals surface area contributed by atoms with Crippen LogP contribution in [0.25, 0.3) is 10.2 Å². The molecule has 1 fully saturated rings. The Kier molecular flexibility index (Phi) is 7.38. The number of nitrogens with zero attached hydrogens (tertiary/aromatic N) is 4. The lowest BCUT2D eigenvalue weighted by Crippen LogP contribution is -2.36. The third kappa shape index (κ3) is 4.68. The van der Waals surface area contributed by atoms with Crippen LogP contribution in [0.1, 0.15) is 32.1 Å². The lowest BCUT2D eigenvalue weighted by Gasteiger charge is -2.23. The van der Waals surface area contributed by atoms with Gasteiger partial charge in [-0.15, -0.1) is 12.4 Å². The molecule has 0 spiro atoms. The third-order valence-corrected chi connectivity index (χ3v) is 6.76. The molecule has 2 aromatic heterocycles. The molecule has 156 valence electrons. The minimum Gasteiger partial charge on any atom is -0.494 e. The van der Waals surface area contributed by atoms with E-state index in [1.807, 2.05) is 27.8 Å². The molecule has 0 radical (unpaired) electrons. The van der Waals surface area contributed by atoms with Gasteiger partial charge in [0.25, 0.3) is 0 Å². The number of carbonyl (C=O) groups is 1. The number of imidazole rings is 1. The largest absolute Gasteiger partial charge is 0.494 e. The first-order valence-corrected chi connectivity index (χ1v) is 10.8. The van der Waals surface area contributed by atoms with Crippen molar-refractivity contribution in [1.29, 1.82) is 0 Å². The van der Waals surface area contributed by atoms with Crippen molar-refractivity contribution < 1.29 is 9.53 Å². The van der Waals surface area contributed by atoms with Gasteiger partial charge in [0, 0.05) is 31.4 Å². The molecule has 1 aromatic carbocycles. The van der Waals surface area contributed by atoms with Crippen LogP contribution in [0.4, 0.5) is 5.13 Å². The summed E-state index contributed by atoms with van der Waals surface area (Å²) in [5, 5.41) is 1.33. The molecule has 29 heavy (non-hydrogen) atoms. The lowest BCUT2D eigenvalue weighted by molar-refractivity contribution is -0.122. The molecule has 4 rings (SSSR count). The second-order valence-electron chi connectivity index (χ2n) is 7.05. The van der Waals surface area contributed by atoms with Gasteiger partial charge in [-0.3, -0.25) is 9.69 Å². The Bertz CT molecular complexity index is 955. The Morgan fingerprint density at radius 3 is 2.86 bits per heavy atom. The van der Waals surface area contributed by atoms with E-state index in [9.17, 15) is 4.79 Å². The van der Waals surface area contributed by atoms with Crippen molar-refractivity contribution in [3.63, 3.8) is 0 Å². The fourth-order valence-electron chi connectivity index (χ4n) is 3.75. The number of aromatic nitrogens is 3. The molecule has 1 aliphatic rings. The summed E-state index contributed by atoms with van der Waals surface area (Å²) in [5.41, 5.74) is 0.717. The molecule has 0 aliphatic heterocycles. The molecular weight excluding hydrogens is 431 g/mol. The van der Waals surface area contributed by atoms with Crippen LogP contribution >= 0.6 is 35.3 Å². The van der Waals surface area contributed by atoms with Crippen LogP contribution in [0.2, 0.25) is 5.02 Å². The maximum absolute atomic E-state index is 13.3. The highest BCUT2D eigenvalue weighted by Crippen LogP contribution is 2.39. The maximum atomic E-state index is 13.3. The van der Waals surface area contributed by atoms with E-state index in [2.05, 4.69) is 4.98 Å². The number of hydrogen-bond donors (Lipinski definition) is 0. The number of methoxy groups -OCH3 is 1. The van der Waals surface area contributed by atoms with Crippen molar-refractivity contribution in [2.45, 2.75) is 38.6 Å². The minimum absolute atomic E-state index is 0. The average molecular weight is 455 g/mol. The lowest BCUT2D eigenvalue weighted by atomic mass is 10.1. The fourth-order valence-corrected chi connectivity index (χ4v) is 5.03. The second kappa shape index (κ2) is 9.78. The minimum atomic E-state index is 0. The van der Waals surface area contributed by atoms with E-state index in [0.717, 1.165) is 43.3 Å². The molecule has 0 atom stereocenters. The number of anilines is 1. The fraction of sp³-hybridized carbons (Fsp3) is 0.450. The molecule has 2 heterocycles. The normalized spacial score (nSPS) is 14.1. The predicted octanol–water partition coefficient (Wildman–Crippen LogP) is 5.19. The molecule has 6 nitrogen and oxygen atoms in total. The van der Waals surface area contributed by atoms with Gasteiger partial charge >= 0.3 is 0 Å². The number of rotatable bonds is 7.